The first kappa shape index (κ1) is 9.87. The van der Waals surface area contributed by atoms with E-state index in [-0.39, 0.29) is 5.82 Å². The van der Waals surface area contributed by atoms with Gasteiger partial charge in [-0.05, 0) is 12.3 Å². The Balaban J connectivity index is 2.09. The van der Waals surface area contributed by atoms with E-state index in [0.717, 1.165) is 26.1 Å². The van der Waals surface area contributed by atoms with Crippen LogP contribution in [0.1, 0.15) is 17.8 Å². The topological polar surface area (TPSA) is 84.8 Å². The lowest BCUT2D eigenvalue weighted by Crippen LogP contribution is -2.09. The molecule has 0 amide bonds. The molecule has 1 aliphatic heterocycles. The third-order valence-electron chi connectivity index (χ3n) is 2.48. The number of nitrogens with two attached hydrogens (primary N) is 1. The van der Waals surface area contributed by atoms with Gasteiger partial charge in [-0.3, -0.25) is 0 Å². The lowest BCUT2D eigenvalue weighted by Gasteiger charge is -2.06. The van der Waals surface area contributed by atoms with E-state index in [0.29, 0.717) is 17.3 Å². The number of anilines is 1. The molecule has 1 fully saturated rings. The molecule has 1 atom stereocenters. The van der Waals surface area contributed by atoms with Crippen molar-refractivity contribution < 1.29 is 4.74 Å². The average Bonchev–Trinajstić information content (AvgIpc) is 2.71. The third-order valence-corrected chi connectivity index (χ3v) is 2.48. The predicted octanol–water partition coefficient (Wildman–Crippen LogP) is 0.509. The maximum Gasteiger partial charge on any atom is 0.145 e. The van der Waals surface area contributed by atoms with E-state index in [1.807, 2.05) is 6.07 Å². The van der Waals surface area contributed by atoms with E-state index in [1.165, 1.54) is 6.20 Å². The van der Waals surface area contributed by atoms with Crippen LogP contribution in [0.25, 0.3) is 0 Å². The summed E-state index contributed by atoms with van der Waals surface area (Å²) in [5.74, 6) is 1.45. The van der Waals surface area contributed by atoms with Gasteiger partial charge in [0, 0.05) is 19.6 Å². The first-order chi connectivity index (χ1) is 7.29. The number of hydrogen-bond donors (Lipinski definition) is 1. The quantitative estimate of drug-likeness (QED) is 0.758. The summed E-state index contributed by atoms with van der Waals surface area (Å²) in [5.41, 5.74) is 5.94. The number of rotatable bonds is 2. The molecule has 5 heteroatoms. The molecule has 2 N–H and O–H groups in total. The van der Waals surface area contributed by atoms with Crippen LogP contribution in [0.15, 0.2) is 6.20 Å². The molecule has 5 nitrogen and oxygen atoms in total. The second-order valence-electron chi connectivity index (χ2n) is 3.63. The zero-order valence-electron chi connectivity index (χ0n) is 8.31. The highest BCUT2D eigenvalue weighted by Gasteiger charge is 2.17. The number of nitrogens with zero attached hydrogens (tertiary/aromatic N) is 3. The smallest absolute Gasteiger partial charge is 0.145 e. The van der Waals surface area contributed by atoms with Crippen molar-refractivity contribution in [3.05, 3.63) is 17.6 Å². The van der Waals surface area contributed by atoms with Gasteiger partial charge in [-0.1, -0.05) is 0 Å². The molecule has 0 saturated carbocycles. The summed E-state index contributed by atoms with van der Waals surface area (Å²) < 4.78 is 5.27. The number of nitrogen functional groups attached to an aromatic ring is 1. The second kappa shape index (κ2) is 4.24. The van der Waals surface area contributed by atoms with Gasteiger partial charge in [-0.15, -0.1) is 0 Å². The number of nitriles is 1. The summed E-state index contributed by atoms with van der Waals surface area (Å²) in [6, 6.07) is 1.94. The van der Waals surface area contributed by atoms with Crippen LogP contribution in [0.5, 0.6) is 0 Å². The first-order valence-electron chi connectivity index (χ1n) is 4.89. The molecule has 1 aromatic rings. The highest BCUT2D eigenvalue weighted by Crippen LogP contribution is 2.17. The van der Waals surface area contributed by atoms with Crippen LogP contribution in [0.2, 0.25) is 0 Å². The zero-order valence-corrected chi connectivity index (χ0v) is 8.31. The fourth-order valence-corrected chi connectivity index (χ4v) is 1.62. The van der Waals surface area contributed by atoms with Crippen LogP contribution < -0.4 is 5.73 Å². The molecular weight excluding hydrogens is 192 g/mol. The monoisotopic (exact) mass is 204 g/mol. The van der Waals surface area contributed by atoms with E-state index in [4.69, 9.17) is 15.7 Å². The van der Waals surface area contributed by atoms with Crippen molar-refractivity contribution >= 4 is 5.82 Å². The fraction of sp³-hybridized carbons (Fsp3) is 0.500. The summed E-state index contributed by atoms with van der Waals surface area (Å²) in [6.45, 7) is 1.58. The van der Waals surface area contributed by atoms with Crippen LogP contribution in [0, 0.1) is 17.2 Å². The van der Waals surface area contributed by atoms with E-state index in [9.17, 15) is 0 Å². The van der Waals surface area contributed by atoms with Gasteiger partial charge in [0.2, 0.25) is 0 Å². The highest BCUT2D eigenvalue weighted by molar-refractivity contribution is 5.46. The predicted molar refractivity (Wildman–Crippen MR) is 53.8 cm³/mol. The van der Waals surface area contributed by atoms with Gasteiger partial charge in [0.05, 0.1) is 6.20 Å². The SMILES string of the molecule is N#Cc1cnc(CC2CCOC2)nc1N. The number of aromatic nitrogens is 2. The van der Waals surface area contributed by atoms with Gasteiger partial charge in [0.15, 0.2) is 0 Å². The Bertz CT molecular complexity index is 393. The van der Waals surface area contributed by atoms with Crippen LogP contribution in [0.4, 0.5) is 5.82 Å². The average molecular weight is 204 g/mol. The number of ether oxygens (including phenoxy) is 1. The number of hydrogen-bond acceptors (Lipinski definition) is 5. The largest absolute Gasteiger partial charge is 0.382 e. The maximum atomic E-state index is 8.66. The van der Waals surface area contributed by atoms with Crippen molar-refractivity contribution in [2.45, 2.75) is 12.8 Å². The Hall–Kier alpha value is -1.67. The van der Waals surface area contributed by atoms with Gasteiger partial charge in [-0.2, -0.15) is 5.26 Å². The molecule has 0 spiro atoms. The standard InChI is InChI=1S/C10H12N4O/c11-4-8-5-13-9(14-10(8)12)3-7-1-2-15-6-7/h5,7H,1-3,6H2,(H2,12,13,14). The molecule has 1 unspecified atom stereocenters. The van der Waals surface area contributed by atoms with E-state index in [1.54, 1.807) is 0 Å². The Kier molecular flexibility index (Phi) is 2.79. The second-order valence-corrected chi connectivity index (χ2v) is 3.63. The first-order valence-corrected chi connectivity index (χ1v) is 4.89. The summed E-state index contributed by atoms with van der Waals surface area (Å²) in [5, 5.41) is 8.66. The molecule has 0 aliphatic carbocycles. The van der Waals surface area contributed by atoms with Gasteiger partial charge >= 0.3 is 0 Å². The molecule has 1 aliphatic rings. The molecule has 2 heterocycles. The van der Waals surface area contributed by atoms with Crippen molar-refractivity contribution in [1.29, 1.82) is 5.26 Å². The van der Waals surface area contributed by atoms with Crippen molar-refractivity contribution in [3.8, 4) is 6.07 Å². The van der Waals surface area contributed by atoms with Crippen LogP contribution in [0.3, 0.4) is 0 Å². The summed E-state index contributed by atoms with van der Waals surface area (Å²) in [6.07, 6.45) is 3.30. The summed E-state index contributed by atoms with van der Waals surface area (Å²) in [4.78, 5) is 8.20. The lowest BCUT2D eigenvalue weighted by molar-refractivity contribution is 0.185. The van der Waals surface area contributed by atoms with E-state index < -0.39 is 0 Å². The van der Waals surface area contributed by atoms with Crippen molar-refractivity contribution in [2.75, 3.05) is 18.9 Å². The minimum Gasteiger partial charge on any atom is -0.382 e. The summed E-state index contributed by atoms with van der Waals surface area (Å²) in [7, 11) is 0. The van der Waals surface area contributed by atoms with Crippen LogP contribution in [-0.2, 0) is 11.2 Å². The molecule has 1 aromatic heterocycles. The van der Waals surface area contributed by atoms with Gasteiger partial charge in [-0.25, -0.2) is 9.97 Å². The van der Waals surface area contributed by atoms with Gasteiger partial charge < -0.3 is 10.5 Å². The molecule has 78 valence electrons. The van der Waals surface area contributed by atoms with Crippen molar-refractivity contribution in [1.82, 2.24) is 9.97 Å². The Labute approximate surface area is 87.9 Å². The van der Waals surface area contributed by atoms with Crippen molar-refractivity contribution in [2.24, 2.45) is 5.92 Å². The van der Waals surface area contributed by atoms with Gasteiger partial charge in [0.25, 0.3) is 0 Å². The molecule has 0 radical (unpaired) electrons. The molecule has 1 saturated heterocycles. The maximum absolute atomic E-state index is 8.66. The molecule has 0 aromatic carbocycles. The van der Waals surface area contributed by atoms with E-state index >= 15 is 0 Å². The molecule has 2 rings (SSSR count). The Morgan fingerprint density at radius 3 is 3.13 bits per heavy atom. The zero-order chi connectivity index (χ0) is 10.7. The third kappa shape index (κ3) is 2.22. The highest BCUT2D eigenvalue weighted by atomic mass is 16.5. The lowest BCUT2D eigenvalue weighted by atomic mass is 10.0. The van der Waals surface area contributed by atoms with Gasteiger partial charge in [0.1, 0.15) is 23.3 Å². The minimum atomic E-state index is 0.265. The van der Waals surface area contributed by atoms with Crippen molar-refractivity contribution in [3.63, 3.8) is 0 Å². The Morgan fingerprint density at radius 1 is 1.67 bits per heavy atom. The van der Waals surface area contributed by atoms with E-state index in [2.05, 4.69) is 9.97 Å². The van der Waals surface area contributed by atoms with Crippen LogP contribution in [-0.4, -0.2) is 23.2 Å². The minimum absolute atomic E-state index is 0.265. The normalized spacial score (nSPS) is 20.1. The molecule has 0 bridgehead atoms. The fourth-order valence-electron chi connectivity index (χ4n) is 1.62. The Morgan fingerprint density at radius 2 is 2.53 bits per heavy atom. The summed E-state index contributed by atoms with van der Waals surface area (Å²) >= 11 is 0. The van der Waals surface area contributed by atoms with Crippen LogP contribution >= 0.6 is 0 Å². The molecule has 15 heavy (non-hydrogen) atoms. The molecular formula is C10H12N4O.